The number of aromatic nitrogens is 2. The third kappa shape index (κ3) is 7.72. The first kappa shape index (κ1) is 28.5. The molecule has 4 atom stereocenters. The lowest BCUT2D eigenvalue weighted by atomic mass is 9.81. The largest absolute Gasteiger partial charge is 0.469 e. The molecule has 10 nitrogen and oxygen atoms in total. The van der Waals surface area contributed by atoms with Gasteiger partial charge in [-0.15, -0.1) is 0 Å². The van der Waals surface area contributed by atoms with Gasteiger partial charge in [-0.3, -0.25) is 24.2 Å². The van der Waals surface area contributed by atoms with Crippen LogP contribution < -0.4 is 16.0 Å². The average Bonchev–Trinajstić information content (AvgIpc) is 2.90. The minimum absolute atomic E-state index is 0.0416. The van der Waals surface area contributed by atoms with Crippen LogP contribution in [0.5, 0.6) is 0 Å². The first-order valence-corrected chi connectivity index (χ1v) is 13.4. The maximum atomic E-state index is 13.7. The Morgan fingerprint density at radius 2 is 1.59 bits per heavy atom. The molecule has 2 aliphatic carbocycles. The topological polar surface area (TPSA) is 139 Å². The number of ether oxygens (including phenoxy) is 1. The minimum Gasteiger partial charge on any atom is -0.469 e. The van der Waals surface area contributed by atoms with Crippen LogP contribution in [0.1, 0.15) is 89.0 Å². The molecule has 2 fully saturated rings. The molecular weight excluding hydrogens is 474 g/mol. The van der Waals surface area contributed by atoms with Gasteiger partial charge >= 0.3 is 5.97 Å². The Morgan fingerprint density at radius 3 is 2.22 bits per heavy atom. The lowest BCUT2D eigenvalue weighted by Gasteiger charge is -2.37. The van der Waals surface area contributed by atoms with Gasteiger partial charge < -0.3 is 20.7 Å². The van der Waals surface area contributed by atoms with Crippen LogP contribution >= 0.6 is 0 Å². The fourth-order valence-electron chi connectivity index (χ4n) is 5.41. The lowest BCUT2D eigenvalue weighted by Crippen LogP contribution is -2.61. The average molecular weight is 516 g/mol. The summed E-state index contributed by atoms with van der Waals surface area (Å²) < 4.78 is 4.96. The van der Waals surface area contributed by atoms with Crippen molar-refractivity contribution in [3.05, 3.63) is 24.3 Å². The van der Waals surface area contributed by atoms with E-state index in [1.165, 1.54) is 25.7 Å². The van der Waals surface area contributed by atoms with Crippen LogP contribution in [-0.2, 0) is 19.1 Å². The van der Waals surface area contributed by atoms with Gasteiger partial charge in [0.15, 0.2) is 0 Å². The molecule has 1 aromatic heterocycles. The van der Waals surface area contributed by atoms with Crippen LogP contribution in [0.25, 0.3) is 0 Å². The van der Waals surface area contributed by atoms with Crippen LogP contribution in [0.3, 0.4) is 0 Å². The summed E-state index contributed by atoms with van der Waals surface area (Å²) >= 11 is 0. The number of amides is 3. The molecule has 3 rings (SSSR count). The van der Waals surface area contributed by atoms with Crippen molar-refractivity contribution in [2.24, 2.45) is 17.3 Å². The summed E-state index contributed by atoms with van der Waals surface area (Å²) in [6, 6.07) is -2.01. The molecule has 2 saturated carbocycles. The molecule has 1 aromatic rings. The van der Waals surface area contributed by atoms with Crippen molar-refractivity contribution in [2.75, 3.05) is 7.11 Å². The number of nitrogens with zero attached hydrogens (tertiary/aromatic N) is 2. The Labute approximate surface area is 219 Å². The second kappa shape index (κ2) is 13.0. The first-order chi connectivity index (χ1) is 17.6. The smallest absolute Gasteiger partial charge is 0.310 e. The third-order valence-corrected chi connectivity index (χ3v) is 7.50. The van der Waals surface area contributed by atoms with E-state index in [2.05, 4.69) is 25.9 Å². The minimum atomic E-state index is -0.861. The second-order valence-electron chi connectivity index (χ2n) is 11.3. The third-order valence-electron chi connectivity index (χ3n) is 7.50. The van der Waals surface area contributed by atoms with E-state index in [1.54, 1.807) is 0 Å². The second-order valence-corrected chi connectivity index (χ2v) is 11.3. The summed E-state index contributed by atoms with van der Waals surface area (Å²) in [6.45, 7) is 5.64. The van der Waals surface area contributed by atoms with Crippen molar-refractivity contribution in [3.63, 3.8) is 0 Å². The van der Waals surface area contributed by atoms with Crippen LogP contribution in [0.2, 0.25) is 0 Å². The molecule has 37 heavy (non-hydrogen) atoms. The molecule has 204 valence electrons. The Hall–Kier alpha value is -3.04. The van der Waals surface area contributed by atoms with Crippen molar-refractivity contribution in [2.45, 2.75) is 96.7 Å². The fraction of sp³-hybridized carbons (Fsp3) is 0.704. The number of hydrogen-bond acceptors (Lipinski definition) is 7. The summed E-state index contributed by atoms with van der Waals surface area (Å²) in [5.74, 6) is -1.99. The number of carbonyl (C=O) groups is 4. The molecule has 10 heteroatoms. The molecule has 0 radical (unpaired) electrons. The fourth-order valence-corrected chi connectivity index (χ4v) is 5.41. The summed E-state index contributed by atoms with van der Waals surface area (Å²) in [5.41, 5.74) is -0.478. The maximum absolute atomic E-state index is 13.7. The van der Waals surface area contributed by atoms with Crippen molar-refractivity contribution in [1.29, 1.82) is 0 Å². The van der Waals surface area contributed by atoms with E-state index in [4.69, 9.17) is 4.74 Å². The maximum Gasteiger partial charge on any atom is 0.310 e. The standard InChI is InChI=1S/C27H41N5O5/c1-27(2,3)22(25(35)30-19-13-9-8-12-18(19)26(36)37-4)32-24(34)21(17-10-6-5-7-11-17)31-23(33)20-16-28-14-15-29-20/h14-19,21-22H,5-13H2,1-4H3,(H,30,35)(H,31,33)(H,32,34)/t18?,19?,21-,22+/m0/s1. The Kier molecular flexibility index (Phi) is 10.00. The lowest BCUT2D eigenvalue weighted by molar-refractivity contribution is -0.148. The highest BCUT2D eigenvalue weighted by Gasteiger charge is 2.40. The van der Waals surface area contributed by atoms with Gasteiger partial charge in [0.2, 0.25) is 11.8 Å². The summed E-state index contributed by atoms with van der Waals surface area (Å²) in [7, 11) is 1.36. The Balaban J connectivity index is 1.77. The molecule has 0 bridgehead atoms. The van der Waals surface area contributed by atoms with Gasteiger partial charge in [0.1, 0.15) is 17.8 Å². The zero-order valence-corrected chi connectivity index (χ0v) is 22.4. The van der Waals surface area contributed by atoms with Gasteiger partial charge in [-0.25, -0.2) is 4.98 Å². The van der Waals surface area contributed by atoms with E-state index < -0.39 is 35.2 Å². The number of esters is 1. The van der Waals surface area contributed by atoms with Gasteiger partial charge in [-0.1, -0.05) is 52.9 Å². The van der Waals surface area contributed by atoms with Crippen LogP contribution in [0.4, 0.5) is 0 Å². The van der Waals surface area contributed by atoms with E-state index in [-0.39, 0.29) is 29.5 Å². The van der Waals surface area contributed by atoms with E-state index in [1.807, 2.05) is 20.8 Å². The molecule has 2 unspecified atom stereocenters. The van der Waals surface area contributed by atoms with Crippen molar-refractivity contribution >= 4 is 23.7 Å². The molecule has 0 aliphatic heterocycles. The predicted octanol–water partition coefficient (Wildman–Crippen LogP) is 2.53. The van der Waals surface area contributed by atoms with Crippen molar-refractivity contribution < 1.29 is 23.9 Å². The number of hydrogen-bond donors (Lipinski definition) is 3. The molecule has 0 spiro atoms. The number of methoxy groups -OCH3 is 1. The van der Waals surface area contributed by atoms with E-state index in [0.717, 1.165) is 44.9 Å². The summed E-state index contributed by atoms with van der Waals surface area (Å²) in [4.78, 5) is 60.4. The molecule has 2 aliphatic rings. The van der Waals surface area contributed by atoms with Crippen LogP contribution in [-0.4, -0.2) is 58.9 Å². The molecule has 3 amide bonds. The molecule has 0 aromatic carbocycles. The Bertz CT molecular complexity index is 942. The highest BCUT2D eigenvalue weighted by Crippen LogP contribution is 2.29. The van der Waals surface area contributed by atoms with E-state index in [9.17, 15) is 19.2 Å². The molecular formula is C27H41N5O5. The zero-order valence-electron chi connectivity index (χ0n) is 22.4. The number of rotatable bonds is 8. The predicted molar refractivity (Wildman–Crippen MR) is 137 cm³/mol. The summed E-state index contributed by atoms with van der Waals surface area (Å²) in [6.07, 6.45) is 12.1. The molecule has 0 saturated heterocycles. The van der Waals surface area contributed by atoms with Gasteiger partial charge in [-0.05, 0) is 37.0 Å². The van der Waals surface area contributed by atoms with Gasteiger partial charge in [0, 0.05) is 18.4 Å². The van der Waals surface area contributed by atoms with Crippen LogP contribution in [0, 0.1) is 17.3 Å². The Morgan fingerprint density at radius 1 is 0.919 bits per heavy atom. The van der Waals surface area contributed by atoms with Crippen molar-refractivity contribution in [3.8, 4) is 0 Å². The zero-order chi connectivity index (χ0) is 27.0. The van der Waals surface area contributed by atoms with E-state index in [0.29, 0.717) is 12.8 Å². The van der Waals surface area contributed by atoms with Crippen molar-refractivity contribution in [1.82, 2.24) is 25.9 Å². The summed E-state index contributed by atoms with van der Waals surface area (Å²) in [5, 5.41) is 8.83. The van der Waals surface area contributed by atoms with Gasteiger partial charge in [0.05, 0.1) is 19.2 Å². The number of carbonyl (C=O) groups excluding carboxylic acids is 4. The van der Waals surface area contributed by atoms with Gasteiger partial charge in [-0.2, -0.15) is 0 Å². The highest BCUT2D eigenvalue weighted by molar-refractivity contribution is 5.97. The quantitative estimate of drug-likeness (QED) is 0.452. The van der Waals surface area contributed by atoms with Crippen LogP contribution in [0.15, 0.2) is 18.6 Å². The van der Waals surface area contributed by atoms with Gasteiger partial charge in [0.25, 0.3) is 5.91 Å². The van der Waals surface area contributed by atoms with E-state index >= 15 is 0 Å². The molecule has 3 N–H and O–H groups in total. The monoisotopic (exact) mass is 515 g/mol. The SMILES string of the molecule is COC(=O)C1CCCCC1NC(=O)[C@@H](NC(=O)[C@@H](NC(=O)c1cnccn1)C1CCCCC1)C(C)(C)C. The highest BCUT2D eigenvalue weighted by atomic mass is 16.5. The first-order valence-electron chi connectivity index (χ1n) is 13.4. The molecule has 1 heterocycles. The number of nitrogens with one attached hydrogen (secondary N) is 3. The normalized spacial score (nSPS) is 22.3.